The number of hydrogen-bond donors (Lipinski definition) is 0. The maximum atomic E-state index is 5.93. The second-order valence-electron chi connectivity index (χ2n) is 4.73. The minimum Gasteiger partial charge on any atom is -0.305 e. The van der Waals surface area contributed by atoms with Gasteiger partial charge in [-0.05, 0) is 47.3 Å². The predicted octanol–water partition coefficient (Wildman–Crippen LogP) is 3.73. The van der Waals surface area contributed by atoms with Crippen LogP contribution in [0.3, 0.4) is 0 Å². The van der Waals surface area contributed by atoms with Crippen molar-refractivity contribution in [1.82, 2.24) is 9.80 Å². The molecule has 0 aliphatic carbocycles. The van der Waals surface area contributed by atoms with Gasteiger partial charge in [0.25, 0.3) is 0 Å². The first-order chi connectivity index (χ1) is 7.52. The molecule has 114 valence electrons. The highest BCUT2D eigenvalue weighted by Crippen LogP contribution is 2.08. The molecule has 0 spiro atoms. The van der Waals surface area contributed by atoms with Crippen molar-refractivity contribution in [2.24, 2.45) is 0 Å². The highest BCUT2D eigenvalue weighted by molar-refractivity contribution is 6.18. The van der Waals surface area contributed by atoms with Crippen LogP contribution in [0.15, 0.2) is 0 Å². The highest BCUT2D eigenvalue weighted by Gasteiger charge is 2.12. The zero-order valence-electron chi connectivity index (χ0n) is 11.9. The molecular formula is C12H28Cl4N2. The molecule has 0 rings (SSSR count). The van der Waals surface area contributed by atoms with Gasteiger partial charge in [0.05, 0.1) is 0 Å². The van der Waals surface area contributed by atoms with E-state index >= 15 is 0 Å². The van der Waals surface area contributed by atoms with E-state index in [9.17, 15) is 0 Å². The van der Waals surface area contributed by atoms with Crippen molar-refractivity contribution in [2.75, 3.05) is 38.9 Å². The Morgan fingerprint density at radius 2 is 1.56 bits per heavy atom. The Kier molecular flexibility index (Phi) is 19.4. The predicted molar refractivity (Wildman–Crippen MR) is 89.4 cm³/mol. The SMILES string of the molecule is CC(C)N(CCCl)CCCC(CCl)N(C)C.Cl.Cl. The average Bonchev–Trinajstić information content (AvgIpc) is 2.21. The van der Waals surface area contributed by atoms with Crippen LogP contribution in [0.2, 0.25) is 0 Å². The Hall–Kier alpha value is 1.08. The maximum Gasteiger partial charge on any atom is 0.0379 e. The summed E-state index contributed by atoms with van der Waals surface area (Å²) in [6.07, 6.45) is 2.34. The van der Waals surface area contributed by atoms with Crippen LogP contribution in [0.5, 0.6) is 0 Å². The van der Waals surface area contributed by atoms with E-state index in [0.29, 0.717) is 23.8 Å². The van der Waals surface area contributed by atoms with Crippen molar-refractivity contribution < 1.29 is 0 Å². The van der Waals surface area contributed by atoms with Crippen LogP contribution in [0.1, 0.15) is 26.7 Å². The van der Waals surface area contributed by atoms with Crippen LogP contribution in [-0.2, 0) is 0 Å². The molecule has 0 saturated heterocycles. The molecule has 0 aliphatic rings. The summed E-state index contributed by atoms with van der Waals surface area (Å²) in [7, 11) is 4.18. The van der Waals surface area contributed by atoms with Crippen molar-refractivity contribution >= 4 is 48.0 Å². The van der Waals surface area contributed by atoms with Gasteiger partial charge >= 0.3 is 0 Å². The molecular weight excluding hydrogens is 314 g/mol. The summed E-state index contributed by atoms with van der Waals surface area (Å²) in [6, 6.07) is 1.07. The molecule has 0 heterocycles. The van der Waals surface area contributed by atoms with E-state index in [4.69, 9.17) is 23.2 Å². The lowest BCUT2D eigenvalue weighted by molar-refractivity contribution is 0.216. The molecule has 0 N–H and O–H groups in total. The fourth-order valence-electron chi connectivity index (χ4n) is 1.74. The van der Waals surface area contributed by atoms with Gasteiger partial charge in [-0.1, -0.05) is 0 Å². The summed E-state index contributed by atoms with van der Waals surface area (Å²) in [6.45, 7) is 6.54. The van der Waals surface area contributed by atoms with E-state index < -0.39 is 0 Å². The third-order valence-electron chi connectivity index (χ3n) is 2.99. The van der Waals surface area contributed by atoms with Gasteiger partial charge in [0.2, 0.25) is 0 Å². The molecule has 18 heavy (non-hydrogen) atoms. The second-order valence-corrected chi connectivity index (χ2v) is 5.42. The van der Waals surface area contributed by atoms with Gasteiger partial charge in [-0.2, -0.15) is 0 Å². The van der Waals surface area contributed by atoms with E-state index in [0.717, 1.165) is 19.5 Å². The lowest BCUT2D eigenvalue weighted by Crippen LogP contribution is -2.35. The lowest BCUT2D eigenvalue weighted by atomic mass is 10.1. The van der Waals surface area contributed by atoms with Gasteiger partial charge in [0, 0.05) is 30.4 Å². The molecule has 0 aromatic carbocycles. The summed E-state index contributed by atoms with van der Waals surface area (Å²) >= 11 is 11.7. The van der Waals surface area contributed by atoms with E-state index in [1.54, 1.807) is 0 Å². The molecule has 1 unspecified atom stereocenters. The van der Waals surface area contributed by atoms with E-state index in [2.05, 4.69) is 37.7 Å². The van der Waals surface area contributed by atoms with Crippen LogP contribution in [0.4, 0.5) is 0 Å². The Labute approximate surface area is 135 Å². The number of alkyl halides is 2. The summed E-state index contributed by atoms with van der Waals surface area (Å²) in [5, 5.41) is 0. The summed E-state index contributed by atoms with van der Waals surface area (Å²) in [5.74, 6) is 1.43. The fraction of sp³-hybridized carbons (Fsp3) is 1.00. The van der Waals surface area contributed by atoms with Crippen LogP contribution in [0.25, 0.3) is 0 Å². The van der Waals surface area contributed by atoms with Crippen molar-refractivity contribution in [3.05, 3.63) is 0 Å². The summed E-state index contributed by atoms with van der Waals surface area (Å²) in [4.78, 5) is 4.63. The molecule has 0 bridgehead atoms. The zero-order chi connectivity index (χ0) is 12.6. The molecule has 0 aliphatic heterocycles. The third-order valence-corrected chi connectivity index (χ3v) is 3.52. The molecule has 0 aromatic heterocycles. The summed E-state index contributed by atoms with van der Waals surface area (Å²) in [5.41, 5.74) is 0. The van der Waals surface area contributed by atoms with E-state index in [1.165, 1.54) is 6.42 Å². The van der Waals surface area contributed by atoms with E-state index in [1.807, 2.05) is 0 Å². The number of halogens is 4. The monoisotopic (exact) mass is 340 g/mol. The topological polar surface area (TPSA) is 6.48 Å². The molecule has 0 saturated carbocycles. The van der Waals surface area contributed by atoms with E-state index in [-0.39, 0.29) is 24.8 Å². The Bertz CT molecular complexity index is 168. The highest BCUT2D eigenvalue weighted by atomic mass is 35.5. The van der Waals surface area contributed by atoms with Crippen molar-refractivity contribution in [3.8, 4) is 0 Å². The van der Waals surface area contributed by atoms with Crippen molar-refractivity contribution in [3.63, 3.8) is 0 Å². The largest absolute Gasteiger partial charge is 0.305 e. The first-order valence-corrected chi connectivity index (χ1v) is 7.12. The maximum absolute atomic E-state index is 5.93. The Balaban J connectivity index is -0.00000112. The van der Waals surface area contributed by atoms with Crippen molar-refractivity contribution in [1.29, 1.82) is 0 Å². The van der Waals surface area contributed by atoms with Gasteiger partial charge in [0.15, 0.2) is 0 Å². The van der Waals surface area contributed by atoms with Gasteiger partial charge in [-0.25, -0.2) is 0 Å². The molecule has 0 aromatic rings. The van der Waals surface area contributed by atoms with Gasteiger partial charge in [-0.15, -0.1) is 48.0 Å². The summed E-state index contributed by atoms with van der Waals surface area (Å²) < 4.78 is 0. The standard InChI is InChI=1S/C12H26Cl2N2.2ClH/c1-11(2)16(9-7-13)8-5-6-12(10-14)15(3)4;;/h11-12H,5-10H2,1-4H3;2*1H. The molecule has 2 nitrogen and oxygen atoms in total. The number of hydrogen-bond acceptors (Lipinski definition) is 2. The Morgan fingerprint density at radius 3 is 1.89 bits per heavy atom. The average molecular weight is 342 g/mol. The first kappa shape index (κ1) is 24.1. The van der Waals surface area contributed by atoms with Crippen LogP contribution >= 0.6 is 48.0 Å². The third kappa shape index (κ3) is 11.0. The smallest absolute Gasteiger partial charge is 0.0379 e. The first-order valence-electron chi connectivity index (χ1n) is 6.05. The van der Waals surface area contributed by atoms with Gasteiger partial charge < -0.3 is 4.90 Å². The minimum atomic E-state index is 0. The zero-order valence-corrected chi connectivity index (χ0v) is 15.0. The van der Waals surface area contributed by atoms with Crippen molar-refractivity contribution in [2.45, 2.75) is 38.8 Å². The van der Waals surface area contributed by atoms with Crippen LogP contribution < -0.4 is 0 Å². The lowest BCUT2D eigenvalue weighted by Gasteiger charge is -2.27. The number of nitrogens with zero attached hydrogens (tertiary/aromatic N) is 2. The second kappa shape index (κ2) is 14.5. The van der Waals surface area contributed by atoms with Crippen LogP contribution in [-0.4, -0.2) is 60.8 Å². The molecule has 6 heteroatoms. The quantitative estimate of drug-likeness (QED) is 0.589. The molecule has 0 radical (unpaired) electrons. The molecule has 0 fully saturated rings. The van der Waals surface area contributed by atoms with Crippen LogP contribution in [0, 0.1) is 0 Å². The van der Waals surface area contributed by atoms with Gasteiger partial charge in [0.1, 0.15) is 0 Å². The molecule has 1 atom stereocenters. The fourth-order valence-corrected chi connectivity index (χ4v) is 2.39. The Morgan fingerprint density at radius 1 is 1.00 bits per heavy atom. The number of rotatable bonds is 9. The van der Waals surface area contributed by atoms with Gasteiger partial charge in [-0.3, -0.25) is 4.90 Å². The minimum absolute atomic E-state index is 0. The molecule has 0 amide bonds. The normalized spacial score (nSPS) is 12.5.